The fraction of sp³-hybridized carbons (Fsp3) is 0.414. The Labute approximate surface area is 240 Å². The molecule has 0 bridgehead atoms. The Bertz CT molecular complexity index is 1650. The van der Waals surface area contributed by atoms with Crippen LogP contribution in [0.4, 0.5) is 10.1 Å². The number of esters is 1. The maximum Gasteiger partial charge on any atom is 0.349 e. The first-order valence-electron chi connectivity index (χ1n) is 13.9. The minimum Gasteiger partial charge on any atom is -0.492 e. The summed E-state index contributed by atoms with van der Waals surface area (Å²) < 4.78 is 40.4. The van der Waals surface area contributed by atoms with Gasteiger partial charge in [0.05, 0.1) is 18.0 Å². The van der Waals surface area contributed by atoms with Gasteiger partial charge in [0.1, 0.15) is 28.9 Å². The molecule has 3 heterocycles. The van der Waals surface area contributed by atoms with Gasteiger partial charge in [0.15, 0.2) is 11.6 Å². The van der Waals surface area contributed by atoms with Crippen molar-refractivity contribution < 1.29 is 37.8 Å². The largest absolute Gasteiger partial charge is 0.492 e. The Morgan fingerprint density at radius 3 is 2.55 bits per heavy atom. The molecule has 0 spiro atoms. The number of fused-ring (bicyclic) bond motifs is 2. The first-order chi connectivity index (χ1) is 20.1. The Balaban J connectivity index is 1.37. The maximum absolute atomic E-state index is 15.8. The summed E-state index contributed by atoms with van der Waals surface area (Å²) in [7, 11) is -3.27. The van der Waals surface area contributed by atoms with E-state index in [9.17, 15) is 28.7 Å². The van der Waals surface area contributed by atoms with Crippen LogP contribution in [0.25, 0.3) is 10.9 Å². The van der Waals surface area contributed by atoms with Gasteiger partial charge in [0.25, 0.3) is 0 Å². The van der Waals surface area contributed by atoms with Crippen molar-refractivity contribution in [2.75, 3.05) is 31.6 Å². The predicted octanol–water partition coefficient (Wildman–Crippen LogP) is 3.31. The third-order valence-electron chi connectivity index (χ3n) is 8.40. The molecule has 3 atom stereocenters. The molecular formula is C29H31FN3O8P. The molecular weight excluding hydrogens is 568 g/mol. The summed E-state index contributed by atoms with van der Waals surface area (Å²) in [4.78, 5) is 58.8. The highest BCUT2D eigenvalue weighted by Crippen LogP contribution is 2.50. The highest BCUT2D eigenvalue weighted by atomic mass is 31.2. The Kier molecular flexibility index (Phi) is 7.43. The van der Waals surface area contributed by atoms with Gasteiger partial charge < -0.3 is 38.8 Å². The van der Waals surface area contributed by atoms with E-state index in [1.54, 1.807) is 4.57 Å². The quantitative estimate of drug-likeness (QED) is 0.153. The second-order valence-electron chi connectivity index (χ2n) is 11.1. The van der Waals surface area contributed by atoms with Crippen LogP contribution in [0.15, 0.2) is 41.3 Å². The van der Waals surface area contributed by atoms with Crippen molar-refractivity contribution >= 4 is 36.4 Å². The topological polar surface area (TPSA) is 147 Å². The third kappa shape index (κ3) is 5.13. The van der Waals surface area contributed by atoms with Crippen LogP contribution >= 0.6 is 7.60 Å². The number of pyridine rings is 1. The van der Waals surface area contributed by atoms with E-state index in [0.717, 1.165) is 32.2 Å². The number of anilines is 1. The Hall–Kier alpha value is -3.57. The van der Waals surface area contributed by atoms with E-state index >= 15 is 4.39 Å². The van der Waals surface area contributed by atoms with E-state index in [2.05, 4.69) is 5.32 Å². The molecule has 6 rings (SSSR count). The van der Waals surface area contributed by atoms with Crippen LogP contribution in [0.5, 0.6) is 11.5 Å². The van der Waals surface area contributed by atoms with Crippen molar-refractivity contribution in [1.29, 1.82) is 0 Å². The lowest BCUT2D eigenvalue weighted by Crippen LogP contribution is -2.40. The van der Waals surface area contributed by atoms with Gasteiger partial charge >= 0.3 is 13.6 Å². The van der Waals surface area contributed by atoms with Crippen molar-refractivity contribution in [2.24, 2.45) is 5.92 Å². The van der Waals surface area contributed by atoms with Crippen LogP contribution < -0.4 is 25.1 Å². The first kappa shape index (κ1) is 28.5. The molecule has 3 aromatic rings. The molecule has 3 N–H and O–H groups in total. The molecule has 11 nitrogen and oxygen atoms in total. The molecule has 2 aromatic carbocycles. The molecule has 1 aromatic heterocycles. The molecule has 3 unspecified atom stereocenters. The third-order valence-corrected chi connectivity index (χ3v) is 9.55. The van der Waals surface area contributed by atoms with Gasteiger partial charge in [0, 0.05) is 31.4 Å². The molecule has 13 heteroatoms. The van der Waals surface area contributed by atoms with Gasteiger partial charge in [-0.25, -0.2) is 9.18 Å². The van der Waals surface area contributed by atoms with Crippen molar-refractivity contribution in [3.05, 3.63) is 63.7 Å². The van der Waals surface area contributed by atoms with Crippen LogP contribution in [0.2, 0.25) is 0 Å². The van der Waals surface area contributed by atoms with E-state index in [4.69, 9.17) is 9.47 Å². The monoisotopic (exact) mass is 599 g/mol. The smallest absolute Gasteiger partial charge is 0.349 e. The van der Waals surface area contributed by atoms with Gasteiger partial charge in [-0.3, -0.25) is 9.36 Å². The molecule has 2 aliphatic heterocycles. The van der Waals surface area contributed by atoms with Gasteiger partial charge in [-0.05, 0) is 61.9 Å². The summed E-state index contributed by atoms with van der Waals surface area (Å²) in [5.74, 6) is -0.910. The lowest BCUT2D eigenvalue weighted by atomic mass is 9.94. The number of nitrogens with zero attached hydrogens (tertiary/aromatic N) is 2. The normalized spacial score (nSPS) is 21.2. The van der Waals surface area contributed by atoms with Crippen molar-refractivity contribution in [1.82, 2.24) is 9.88 Å². The molecule has 1 saturated carbocycles. The van der Waals surface area contributed by atoms with Crippen LogP contribution in [0, 0.1) is 11.7 Å². The summed E-state index contributed by atoms with van der Waals surface area (Å²) >= 11 is 0. The number of nitrogens with one attached hydrogen (secondary N) is 1. The predicted molar refractivity (Wildman–Crippen MR) is 152 cm³/mol. The summed E-state index contributed by atoms with van der Waals surface area (Å²) in [5.41, 5.74) is -1.84. The Morgan fingerprint density at radius 1 is 1.19 bits per heavy atom. The number of hydrogen-bond acceptors (Lipinski definition) is 8. The fourth-order valence-corrected chi connectivity index (χ4v) is 6.91. The molecule has 42 heavy (non-hydrogen) atoms. The van der Waals surface area contributed by atoms with E-state index in [1.807, 2.05) is 4.90 Å². The second-order valence-corrected chi connectivity index (χ2v) is 12.9. The zero-order valence-electron chi connectivity index (χ0n) is 22.9. The second kappa shape index (κ2) is 10.9. The number of benzene rings is 2. The molecule has 2 saturated heterocycles. The van der Waals surface area contributed by atoms with E-state index in [0.29, 0.717) is 30.2 Å². The number of carbonyl (C=O) groups is 2. The summed E-state index contributed by atoms with van der Waals surface area (Å²) in [6, 6.07) is 6.51. The number of aromatic nitrogens is 1. The highest BCUT2D eigenvalue weighted by molar-refractivity contribution is 7.53. The molecule has 3 aliphatic rings. The number of carbonyl (C=O) groups excluding carboxylic acids is 2. The van der Waals surface area contributed by atoms with Gasteiger partial charge in [-0.15, -0.1) is 0 Å². The highest BCUT2D eigenvalue weighted by Gasteiger charge is 2.38. The van der Waals surface area contributed by atoms with Crippen LogP contribution in [-0.4, -0.2) is 59.4 Å². The number of hydrogen-bond donors (Lipinski definition) is 3. The molecule has 1 aliphatic carbocycles. The van der Waals surface area contributed by atoms with Gasteiger partial charge in [-0.1, -0.05) is 12.1 Å². The van der Waals surface area contributed by atoms with E-state index in [-0.39, 0.29) is 46.4 Å². The summed E-state index contributed by atoms with van der Waals surface area (Å²) in [5, 5.41) is 3.53. The lowest BCUT2D eigenvalue weighted by Gasteiger charge is -2.25. The van der Waals surface area contributed by atoms with Crippen molar-refractivity contribution in [3.8, 4) is 11.5 Å². The standard InChI is InChI=1S/C29H31FN3O8P/c1-40-28-25-20(11-22(30)26(28)32-12-17-3-2-10-31-23(17)14-32)27(35)21(13-33(25)18-6-7-18)29(36)41-19-8-4-16(5-9-19)24(15-34)42(37,38)39/h4-5,8-9,11,13,15,17-18,23-24,31H,2-3,6-7,10,12,14H2,1H3,(H2,37,38,39). The van der Waals surface area contributed by atoms with Crippen LogP contribution in [0.1, 0.15) is 53.3 Å². The SMILES string of the molecule is COc1c(N2CC3CCCNC3C2)c(F)cc2c(=O)c(C(=O)Oc3ccc(C(C=O)P(=O)(O)O)cc3)cn(C3CC3)c12. The first-order valence-corrected chi connectivity index (χ1v) is 15.5. The van der Waals surface area contributed by atoms with Gasteiger partial charge in [0.2, 0.25) is 5.43 Å². The zero-order chi connectivity index (χ0) is 29.8. The molecule has 0 radical (unpaired) electrons. The fourth-order valence-electron chi connectivity index (χ4n) is 6.19. The molecule has 3 fully saturated rings. The summed E-state index contributed by atoms with van der Waals surface area (Å²) in [6.45, 7) is 2.24. The van der Waals surface area contributed by atoms with E-state index in [1.165, 1.54) is 43.6 Å². The van der Waals surface area contributed by atoms with Gasteiger partial charge in [-0.2, -0.15) is 0 Å². The maximum atomic E-state index is 15.8. The average Bonchev–Trinajstić information content (AvgIpc) is 3.71. The molecule has 0 amide bonds. The van der Waals surface area contributed by atoms with Crippen molar-refractivity contribution in [3.63, 3.8) is 0 Å². The number of piperidine rings is 1. The minimum atomic E-state index is -4.72. The van der Waals surface area contributed by atoms with E-state index < -0.39 is 30.5 Å². The zero-order valence-corrected chi connectivity index (χ0v) is 23.8. The number of methoxy groups -OCH3 is 1. The van der Waals surface area contributed by atoms with Crippen molar-refractivity contribution in [2.45, 2.75) is 43.4 Å². The summed E-state index contributed by atoms with van der Waals surface area (Å²) in [6.07, 6.45) is 5.36. The number of aldehydes is 1. The number of halogens is 1. The molecule has 222 valence electrons. The Morgan fingerprint density at radius 2 is 1.93 bits per heavy atom. The average molecular weight is 600 g/mol. The van der Waals surface area contributed by atoms with Crippen LogP contribution in [-0.2, 0) is 9.36 Å². The number of ether oxygens (including phenoxy) is 2. The number of rotatable bonds is 8. The lowest BCUT2D eigenvalue weighted by molar-refractivity contribution is -0.107. The van der Waals surface area contributed by atoms with Crippen LogP contribution in [0.3, 0.4) is 0 Å². The minimum absolute atomic E-state index is 0.000186.